The molecule has 0 aliphatic heterocycles. The van der Waals surface area contributed by atoms with E-state index >= 15 is 0 Å². The largest absolute Gasteiger partial charge is 0.573 e. The standard InChI is InChI=1S/C25H26F4O/c1-2-3-4-16-5-10-21-19(13-16)6-7-20-14-17(8-11-22(20)21)18-9-12-24(23(26)15-18)30-25(27,28)29/h3-4,6-7,9,12,15-17H,2,5,8,10-11,13-14H2,1H3/b4-3+/t16-,17-/m0/s1. The first-order valence-electron chi connectivity index (χ1n) is 10.7. The lowest BCUT2D eigenvalue weighted by molar-refractivity contribution is -0.275. The Hall–Kier alpha value is -2.30. The molecule has 0 heterocycles. The maximum atomic E-state index is 14.2. The van der Waals surface area contributed by atoms with Crippen molar-refractivity contribution in [3.8, 4) is 5.75 Å². The molecule has 0 amide bonds. The van der Waals surface area contributed by atoms with E-state index in [0.29, 0.717) is 5.92 Å². The van der Waals surface area contributed by atoms with E-state index in [9.17, 15) is 17.6 Å². The van der Waals surface area contributed by atoms with E-state index in [1.54, 1.807) is 6.07 Å². The van der Waals surface area contributed by atoms with Gasteiger partial charge in [-0.25, -0.2) is 4.39 Å². The van der Waals surface area contributed by atoms with Crippen molar-refractivity contribution in [1.29, 1.82) is 0 Å². The summed E-state index contributed by atoms with van der Waals surface area (Å²) in [6.07, 6.45) is 6.74. The van der Waals surface area contributed by atoms with E-state index < -0.39 is 17.9 Å². The number of fused-ring (bicyclic) bond motifs is 3. The molecular formula is C25H26F4O. The van der Waals surface area contributed by atoms with E-state index in [4.69, 9.17) is 0 Å². The Balaban J connectivity index is 1.51. The van der Waals surface area contributed by atoms with Crippen LogP contribution in [-0.4, -0.2) is 6.36 Å². The van der Waals surface area contributed by atoms with Gasteiger partial charge in [0.05, 0.1) is 0 Å². The molecule has 2 atom stereocenters. The fraction of sp³-hybridized carbons (Fsp3) is 0.440. The van der Waals surface area contributed by atoms with E-state index in [2.05, 4.69) is 35.9 Å². The van der Waals surface area contributed by atoms with Gasteiger partial charge in [-0.2, -0.15) is 0 Å². The van der Waals surface area contributed by atoms with Crippen LogP contribution in [0.4, 0.5) is 17.6 Å². The van der Waals surface area contributed by atoms with Crippen molar-refractivity contribution in [3.05, 3.63) is 76.1 Å². The number of rotatable bonds is 4. The summed E-state index contributed by atoms with van der Waals surface area (Å²) in [5.41, 5.74) is 6.41. The molecule has 2 aromatic rings. The van der Waals surface area contributed by atoms with Crippen LogP contribution in [-0.2, 0) is 25.7 Å². The maximum absolute atomic E-state index is 14.2. The third-order valence-electron chi connectivity index (χ3n) is 6.38. The van der Waals surface area contributed by atoms with E-state index in [1.807, 2.05) is 0 Å². The van der Waals surface area contributed by atoms with Gasteiger partial charge in [0.25, 0.3) is 0 Å². The predicted octanol–water partition coefficient (Wildman–Crippen LogP) is 7.07. The van der Waals surface area contributed by atoms with Gasteiger partial charge in [-0.3, -0.25) is 0 Å². The first kappa shape index (κ1) is 21.0. The van der Waals surface area contributed by atoms with Gasteiger partial charge in [0.15, 0.2) is 11.6 Å². The summed E-state index contributed by atoms with van der Waals surface area (Å²) >= 11 is 0. The van der Waals surface area contributed by atoms with Crippen LogP contribution in [0.25, 0.3) is 0 Å². The molecule has 0 fully saturated rings. The highest BCUT2D eigenvalue weighted by molar-refractivity contribution is 5.46. The Morgan fingerprint density at radius 2 is 1.70 bits per heavy atom. The molecule has 30 heavy (non-hydrogen) atoms. The van der Waals surface area contributed by atoms with Gasteiger partial charge in [0, 0.05) is 0 Å². The Morgan fingerprint density at radius 3 is 2.37 bits per heavy atom. The molecule has 0 saturated carbocycles. The van der Waals surface area contributed by atoms with Gasteiger partial charge >= 0.3 is 6.36 Å². The molecule has 0 radical (unpaired) electrons. The van der Waals surface area contributed by atoms with Crippen LogP contribution in [0.2, 0.25) is 0 Å². The zero-order chi connectivity index (χ0) is 21.3. The number of hydrogen-bond donors (Lipinski definition) is 0. The zero-order valence-corrected chi connectivity index (χ0v) is 17.1. The summed E-state index contributed by atoms with van der Waals surface area (Å²) in [5.74, 6) is -1.02. The summed E-state index contributed by atoms with van der Waals surface area (Å²) in [4.78, 5) is 0. The quantitative estimate of drug-likeness (QED) is 0.381. The molecule has 0 spiro atoms. The second-order valence-corrected chi connectivity index (χ2v) is 8.36. The fourth-order valence-electron chi connectivity index (χ4n) is 4.95. The average molecular weight is 418 g/mol. The summed E-state index contributed by atoms with van der Waals surface area (Å²) in [7, 11) is 0. The average Bonchev–Trinajstić information content (AvgIpc) is 2.72. The summed E-state index contributed by atoms with van der Waals surface area (Å²) in [5, 5.41) is 0. The number of allylic oxidation sites excluding steroid dienone is 2. The molecule has 2 aromatic carbocycles. The highest BCUT2D eigenvalue weighted by Crippen LogP contribution is 2.39. The van der Waals surface area contributed by atoms with Crippen LogP contribution in [0.15, 0.2) is 42.5 Å². The second-order valence-electron chi connectivity index (χ2n) is 8.36. The number of halogens is 4. The van der Waals surface area contributed by atoms with E-state index in [-0.39, 0.29) is 5.92 Å². The second kappa shape index (κ2) is 8.44. The summed E-state index contributed by atoms with van der Waals surface area (Å²) in [6.45, 7) is 2.16. The maximum Gasteiger partial charge on any atom is 0.573 e. The minimum Gasteiger partial charge on any atom is -0.403 e. The number of benzene rings is 2. The minimum absolute atomic E-state index is 0.105. The van der Waals surface area contributed by atoms with Crippen molar-refractivity contribution in [2.75, 3.05) is 0 Å². The monoisotopic (exact) mass is 418 g/mol. The molecule has 2 aliphatic rings. The van der Waals surface area contributed by atoms with Crippen molar-refractivity contribution >= 4 is 0 Å². The number of ether oxygens (including phenoxy) is 1. The van der Waals surface area contributed by atoms with Gasteiger partial charge in [0.2, 0.25) is 0 Å². The third-order valence-corrected chi connectivity index (χ3v) is 6.38. The molecule has 0 N–H and O–H groups in total. The SMILES string of the molecule is CC/C=C/[C@H]1CCc2c(ccc3c2CC[C@H](c2ccc(OC(F)(F)F)c(F)c2)C3)C1. The predicted molar refractivity (Wildman–Crippen MR) is 109 cm³/mol. The Kier molecular flexibility index (Phi) is 5.90. The molecule has 5 heteroatoms. The first-order chi connectivity index (χ1) is 14.3. The number of hydrogen-bond acceptors (Lipinski definition) is 1. The molecule has 4 rings (SSSR count). The zero-order valence-electron chi connectivity index (χ0n) is 17.1. The van der Waals surface area contributed by atoms with Crippen LogP contribution in [0.5, 0.6) is 5.75 Å². The highest BCUT2D eigenvalue weighted by atomic mass is 19.4. The van der Waals surface area contributed by atoms with Gasteiger partial charge in [-0.15, -0.1) is 13.2 Å². The van der Waals surface area contributed by atoms with Crippen molar-refractivity contribution in [2.24, 2.45) is 5.92 Å². The molecule has 0 unspecified atom stereocenters. The molecule has 0 aromatic heterocycles. The van der Waals surface area contributed by atoms with Gasteiger partial charge in [0.1, 0.15) is 0 Å². The molecule has 2 aliphatic carbocycles. The Bertz CT molecular complexity index is 945. The smallest absolute Gasteiger partial charge is 0.403 e. The topological polar surface area (TPSA) is 9.23 Å². The van der Waals surface area contributed by atoms with Gasteiger partial charge < -0.3 is 4.74 Å². The van der Waals surface area contributed by atoms with E-state index in [0.717, 1.165) is 50.2 Å². The van der Waals surface area contributed by atoms with Gasteiger partial charge in [-0.1, -0.05) is 37.3 Å². The lowest BCUT2D eigenvalue weighted by Crippen LogP contribution is -2.20. The van der Waals surface area contributed by atoms with Crippen molar-refractivity contribution in [1.82, 2.24) is 0 Å². The summed E-state index contributed by atoms with van der Waals surface area (Å²) < 4.78 is 55.0. The highest BCUT2D eigenvalue weighted by Gasteiger charge is 2.33. The lowest BCUT2D eigenvalue weighted by atomic mass is 9.74. The normalized spacial score (nSPS) is 21.4. The van der Waals surface area contributed by atoms with Gasteiger partial charge in [-0.05, 0) is 96.7 Å². The first-order valence-corrected chi connectivity index (χ1v) is 10.7. The van der Waals surface area contributed by atoms with Crippen molar-refractivity contribution < 1.29 is 22.3 Å². The van der Waals surface area contributed by atoms with Crippen LogP contribution in [0.1, 0.15) is 59.9 Å². The molecule has 1 nitrogen and oxygen atoms in total. The third kappa shape index (κ3) is 4.55. The van der Waals surface area contributed by atoms with Crippen LogP contribution in [0, 0.1) is 11.7 Å². The lowest BCUT2D eigenvalue weighted by Gasteiger charge is -2.31. The van der Waals surface area contributed by atoms with Crippen molar-refractivity contribution in [2.45, 2.75) is 64.1 Å². The van der Waals surface area contributed by atoms with Crippen LogP contribution in [0.3, 0.4) is 0 Å². The van der Waals surface area contributed by atoms with E-state index in [1.165, 1.54) is 34.7 Å². The van der Waals surface area contributed by atoms with Crippen LogP contribution < -0.4 is 4.74 Å². The molecule has 0 bridgehead atoms. The molecule has 160 valence electrons. The molecular weight excluding hydrogens is 392 g/mol. The molecule has 0 saturated heterocycles. The Morgan fingerprint density at radius 1 is 1.00 bits per heavy atom. The number of alkyl halides is 3. The van der Waals surface area contributed by atoms with Crippen LogP contribution >= 0.6 is 0 Å². The summed E-state index contributed by atoms with van der Waals surface area (Å²) in [6, 6.07) is 8.28. The minimum atomic E-state index is -4.89. The fourth-order valence-corrected chi connectivity index (χ4v) is 4.95. The van der Waals surface area contributed by atoms with Crippen molar-refractivity contribution in [3.63, 3.8) is 0 Å². The Labute approximate surface area is 174 Å².